The molecule has 150 valence electrons. The van der Waals surface area contributed by atoms with E-state index >= 15 is 0 Å². The van der Waals surface area contributed by atoms with Gasteiger partial charge in [-0.15, -0.1) is 11.8 Å². The van der Waals surface area contributed by atoms with Gasteiger partial charge in [-0.05, 0) is 58.9 Å². The van der Waals surface area contributed by atoms with Crippen molar-refractivity contribution in [3.63, 3.8) is 0 Å². The molecule has 0 radical (unpaired) electrons. The van der Waals surface area contributed by atoms with Crippen molar-refractivity contribution in [2.75, 3.05) is 6.26 Å². The number of thioether (sulfide) groups is 1. The van der Waals surface area contributed by atoms with E-state index in [0.29, 0.717) is 0 Å². The molecule has 2 aromatic carbocycles. The average Bonchev–Trinajstić information content (AvgIpc) is 2.68. The summed E-state index contributed by atoms with van der Waals surface area (Å²) in [6.45, 7) is 0. The largest absolute Gasteiger partial charge is 0.387 e. The summed E-state index contributed by atoms with van der Waals surface area (Å²) in [5.74, 6) is 0. The maximum absolute atomic E-state index is 10.5. The van der Waals surface area contributed by atoms with Crippen molar-refractivity contribution in [1.29, 1.82) is 0 Å². The number of aliphatic hydroxyl groups excluding tert-OH is 3. The van der Waals surface area contributed by atoms with E-state index in [1.54, 1.807) is 0 Å². The number of rotatable bonds is 5. The SMILES string of the molecule is CS[C@H]1O[C@@H](c2ccc(CI)c(Cc3ccc4c(c3)CC4)c2)[C@H](O)[C@@H](O)[C@@H]1O. The molecule has 4 nitrogen and oxygen atoms in total. The van der Waals surface area contributed by atoms with Crippen molar-refractivity contribution in [2.45, 2.75) is 53.5 Å². The van der Waals surface area contributed by atoms with Crippen LogP contribution >= 0.6 is 34.4 Å². The van der Waals surface area contributed by atoms with Crippen LogP contribution in [0.1, 0.15) is 39.5 Å². The fourth-order valence-electron chi connectivity index (χ4n) is 4.01. The molecule has 6 heteroatoms. The summed E-state index contributed by atoms with van der Waals surface area (Å²) in [5, 5.41) is 30.9. The van der Waals surface area contributed by atoms with E-state index in [2.05, 4.69) is 52.9 Å². The molecule has 0 spiro atoms. The van der Waals surface area contributed by atoms with Crippen LogP contribution in [0, 0.1) is 0 Å². The fraction of sp³-hybridized carbons (Fsp3) is 0.455. The molecule has 0 bridgehead atoms. The number of alkyl halides is 1. The highest BCUT2D eigenvalue weighted by Crippen LogP contribution is 2.37. The Morgan fingerprint density at radius 1 is 0.964 bits per heavy atom. The van der Waals surface area contributed by atoms with Crippen molar-refractivity contribution in [3.8, 4) is 0 Å². The predicted molar refractivity (Wildman–Crippen MR) is 120 cm³/mol. The van der Waals surface area contributed by atoms with Crippen LogP contribution in [-0.2, 0) is 28.4 Å². The van der Waals surface area contributed by atoms with Gasteiger partial charge in [0.05, 0.1) is 0 Å². The molecule has 0 unspecified atom stereocenters. The summed E-state index contributed by atoms with van der Waals surface area (Å²) in [7, 11) is 0. The monoisotopic (exact) mass is 512 g/mol. The van der Waals surface area contributed by atoms with E-state index in [-0.39, 0.29) is 0 Å². The summed E-state index contributed by atoms with van der Waals surface area (Å²) in [5.41, 5.74) is 6.96. The molecule has 0 amide bonds. The third-order valence-electron chi connectivity index (χ3n) is 5.83. The first-order valence-electron chi connectivity index (χ1n) is 9.52. The number of hydrogen-bond donors (Lipinski definition) is 3. The standard InChI is InChI=1S/C22H25IO4S/c1-28-22-20(26)18(24)19(25)21(27-22)15-6-7-16(11-23)17(10-15)9-12-2-3-13-4-5-14(13)8-12/h2-3,6-8,10,18-22,24-26H,4-5,9,11H2,1H3/t18-,19-,20+,21+,22-/m1/s1. The summed E-state index contributed by atoms with van der Waals surface area (Å²) >= 11 is 3.71. The smallest absolute Gasteiger partial charge is 0.132 e. The lowest BCUT2D eigenvalue weighted by molar-refractivity contribution is -0.200. The molecule has 2 aromatic rings. The Hall–Kier alpha value is -0.640. The van der Waals surface area contributed by atoms with Crippen LogP contribution in [0.4, 0.5) is 0 Å². The quantitative estimate of drug-likeness (QED) is 0.425. The zero-order valence-corrected chi connectivity index (χ0v) is 18.7. The summed E-state index contributed by atoms with van der Waals surface area (Å²) in [6, 6.07) is 12.9. The van der Waals surface area contributed by atoms with Crippen molar-refractivity contribution >= 4 is 34.4 Å². The number of fused-ring (bicyclic) bond motifs is 1. The van der Waals surface area contributed by atoms with E-state index in [1.165, 1.54) is 52.4 Å². The Balaban J connectivity index is 1.63. The lowest BCUT2D eigenvalue weighted by atomic mass is 9.85. The highest BCUT2D eigenvalue weighted by atomic mass is 127. The number of halogens is 1. The van der Waals surface area contributed by atoms with Gasteiger partial charge in [-0.2, -0.15) is 0 Å². The van der Waals surface area contributed by atoms with Crippen LogP contribution in [0.25, 0.3) is 0 Å². The molecule has 2 aliphatic rings. The van der Waals surface area contributed by atoms with Crippen LogP contribution in [0.15, 0.2) is 36.4 Å². The van der Waals surface area contributed by atoms with Crippen LogP contribution in [0.3, 0.4) is 0 Å². The third kappa shape index (κ3) is 3.87. The molecule has 1 fully saturated rings. The molecule has 1 heterocycles. The number of hydrogen-bond acceptors (Lipinski definition) is 5. The van der Waals surface area contributed by atoms with Crippen molar-refractivity contribution in [1.82, 2.24) is 0 Å². The lowest BCUT2D eigenvalue weighted by Crippen LogP contribution is -2.52. The second-order valence-corrected chi connectivity index (χ2v) is 9.27. The zero-order valence-electron chi connectivity index (χ0n) is 15.7. The second-order valence-electron chi connectivity index (χ2n) is 7.57. The molecule has 0 saturated carbocycles. The fourth-order valence-corrected chi connectivity index (χ4v) is 5.43. The van der Waals surface area contributed by atoms with Gasteiger partial charge in [0.1, 0.15) is 29.9 Å². The van der Waals surface area contributed by atoms with Crippen molar-refractivity contribution in [2.24, 2.45) is 0 Å². The third-order valence-corrected chi connectivity index (χ3v) is 7.51. The molecule has 4 rings (SSSR count). The summed E-state index contributed by atoms with van der Waals surface area (Å²) in [6.07, 6.45) is 0.869. The number of aliphatic hydroxyl groups is 3. The molecule has 28 heavy (non-hydrogen) atoms. The summed E-state index contributed by atoms with van der Waals surface area (Å²) < 4.78 is 6.84. The molecule has 0 aromatic heterocycles. The number of benzene rings is 2. The van der Waals surface area contributed by atoms with Gasteiger partial charge in [0.15, 0.2) is 0 Å². The minimum absolute atomic E-state index is 0.566. The molecule has 5 atom stereocenters. The Bertz CT molecular complexity index is 856. The molecule has 1 aliphatic carbocycles. The van der Waals surface area contributed by atoms with Crippen LogP contribution in [0.5, 0.6) is 0 Å². The van der Waals surface area contributed by atoms with E-state index in [0.717, 1.165) is 16.4 Å². The second kappa shape index (κ2) is 8.62. The Morgan fingerprint density at radius 3 is 2.39 bits per heavy atom. The van der Waals surface area contributed by atoms with Gasteiger partial charge in [0.2, 0.25) is 0 Å². The first-order chi connectivity index (χ1) is 13.5. The van der Waals surface area contributed by atoms with Gasteiger partial charge in [0.25, 0.3) is 0 Å². The lowest BCUT2D eigenvalue weighted by Gasteiger charge is -2.40. The normalized spacial score (nSPS) is 29.2. The van der Waals surface area contributed by atoms with Crippen LogP contribution in [-0.4, -0.2) is 45.3 Å². The summed E-state index contributed by atoms with van der Waals surface area (Å²) in [4.78, 5) is 0. The predicted octanol–water partition coefficient (Wildman–Crippen LogP) is 3.15. The molecule has 1 saturated heterocycles. The number of aryl methyl sites for hydroxylation is 2. The van der Waals surface area contributed by atoms with Crippen molar-refractivity contribution in [3.05, 3.63) is 69.8 Å². The van der Waals surface area contributed by atoms with Gasteiger partial charge < -0.3 is 20.1 Å². The molecular weight excluding hydrogens is 487 g/mol. The minimum Gasteiger partial charge on any atom is -0.387 e. The molecule has 1 aliphatic heterocycles. The topological polar surface area (TPSA) is 69.9 Å². The Labute approximate surface area is 183 Å². The Morgan fingerprint density at radius 2 is 1.75 bits per heavy atom. The van der Waals surface area contributed by atoms with Gasteiger partial charge >= 0.3 is 0 Å². The van der Waals surface area contributed by atoms with Gasteiger partial charge in [0, 0.05) is 4.43 Å². The van der Waals surface area contributed by atoms with Crippen LogP contribution in [0.2, 0.25) is 0 Å². The zero-order chi connectivity index (χ0) is 19.8. The van der Waals surface area contributed by atoms with Crippen molar-refractivity contribution < 1.29 is 20.1 Å². The Kier molecular flexibility index (Phi) is 6.35. The maximum atomic E-state index is 10.5. The molecule has 3 N–H and O–H groups in total. The van der Waals surface area contributed by atoms with E-state index in [1.807, 2.05) is 12.3 Å². The first-order valence-corrected chi connectivity index (χ1v) is 12.3. The van der Waals surface area contributed by atoms with Gasteiger partial charge in [-0.3, -0.25) is 0 Å². The van der Waals surface area contributed by atoms with E-state index in [9.17, 15) is 15.3 Å². The van der Waals surface area contributed by atoms with Crippen LogP contribution < -0.4 is 0 Å². The highest BCUT2D eigenvalue weighted by molar-refractivity contribution is 14.1. The minimum atomic E-state index is -1.23. The molecular formula is C22H25IO4S. The van der Waals surface area contributed by atoms with Gasteiger partial charge in [-0.25, -0.2) is 0 Å². The van der Waals surface area contributed by atoms with E-state index in [4.69, 9.17) is 4.74 Å². The maximum Gasteiger partial charge on any atom is 0.132 e. The first kappa shape index (κ1) is 20.6. The number of ether oxygens (including phenoxy) is 1. The average molecular weight is 512 g/mol. The van der Waals surface area contributed by atoms with Gasteiger partial charge in [-0.1, -0.05) is 59.0 Å². The highest BCUT2D eigenvalue weighted by Gasteiger charge is 2.44. The van der Waals surface area contributed by atoms with E-state index < -0.39 is 29.9 Å².